The molecule has 2 aliphatic carbocycles. The molecule has 3 aliphatic rings. The van der Waals surface area contributed by atoms with Crippen LogP contribution in [0, 0.1) is 0 Å². The van der Waals surface area contributed by atoms with Crippen LogP contribution in [-0.4, -0.2) is 20.2 Å². The molecule has 0 radical (unpaired) electrons. The molecule has 5 aromatic carbocycles. The van der Waals surface area contributed by atoms with Gasteiger partial charge in [0, 0.05) is 76.9 Å². The Morgan fingerprint density at radius 1 is 0.608 bits per heavy atom. The van der Waals surface area contributed by atoms with Crippen LogP contribution in [0.1, 0.15) is 28.7 Å². The van der Waals surface area contributed by atoms with E-state index < -0.39 is 0 Å². The second-order valence-electron chi connectivity index (χ2n) is 13.6. The third kappa shape index (κ3) is 4.11. The summed E-state index contributed by atoms with van der Waals surface area (Å²) in [5.74, 6) is 0.200. The first-order valence-electron chi connectivity index (χ1n) is 17.5. The molecule has 0 N–H and O–H groups in total. The topological polar surface area (TPSA) is 33.7 Å². The van der Waals surface area contributed by atoms with Gasteiger partial charge in [-0.25, -0.2) is 0 Å². The maximum atomic E-state index is 4.47. The van der Waals surface area contributed by atoms with E-state index in [0.29, 0.717) is 0 Å². The number of rotatable bonds is 4. The lowest BCUT2D eigenvalue weighted by Gasteiger charge is -2.25. The highest BCUT2D eigenvalue weighted by atomic mass is 15.2. The predicted octanol–water partition coefficient (Wildman–Crippen LogP) is 11.0. The lowest BCUT2D eigenvalue weighted by molar-refractivity contribution is 0.781. The lowest BCUT2D eigenvalue weighted by atomic mass is 9.89. The molecule has 4 heteroatoms. The normalized spacial score (nSPS) is 16.8. The van der Waals surface area contributed by atoms with Crippen LogP contribution in [0.4, 0.5) is 11.4 Å². The Labute approximate surface area is 295 Å². The zero-order valence-corrected chi connectivity index (χ0v) is 27.7. The van der Waals surface area contributed by atoms with Gasteiger partial charge in [0.2, 0.25) is 17.1 Å². The molecule has 238 valence electrons. The smallest absolute Gasteiger partial charge is 0.235 e. The average Bonchev–Trinajstić information content (AvgIpc) is 3.73. The Bertz CT molecular complexity index is 2730. The molecule has 0 spiro atoms. The molecule has 0 amide bonds. The number of para-hydroxylation sites is 1. The first-order chi connectivity index (χ1) is 25.3. The predicted molar refractivity (Wildman–Crippen MR) is 209 cm³/mol. The molecule has 0 fully saturated rings. The Hall–Kier alpha value is -6.65. The Morgan fingerprint density at radius 3 is 2.14 bits per heavy atom. The van der Waals surface area contributed by atoms with Gasteiger partial charge in [-0.2, -0.15) is 4.58 Å². The van der Waals surface area contributed by atoms with Crippen molar-refractivity contribution in [3.63, 3.8) is 0 Å². The van der Waals surface area contributed by atoms with E-state index in [1.807, 2.05) is 36.9 Å². The minimum atomic E-state index is 0.0217. The number of fused-ring (bicyclic) bond motifs is 9. The zero-order chi connectivity index (χ0) is 33.5. The molecule has 3 aromatic heterocycles. The van der Waals surface area contributed by atoms with E-state index in [4.69, 9.17) is 0 Å². The molecular weight excluding hydrogens is 621 g/mol. The van der Waals surface area contributed by atoms with Crippen molar-refractivity contribution in [2.75, 3.05) is 0 Å². The van der Waals surface area contributed by atoms with E-state index in [1.165, 1.54) is 61.0 Å². The summed E-state index contributed by atoms with van der Waals surface area (Å²) in [5.41, 5.74) is 17.2. The van der Waals surface area contributed by atoms with Gasteiger partial charge in [0.05, 0.1) is 5.52 Å². The van der Waals surface area contributed by atoms with Gasteiger partial charge in [-0.15, -0.1) is 0 Å². The van der Waals surface area contributed by atoms with Crippen LogP contribution >= 0.6 is 0 Å². The van der Waals surface area contributed by atoms with Gasteiger partial charge in [0.15, 0.2) is 0 Å². The van der Waals surface area contributed by atoms with Crippen molar-refractivity contribution in [2.45, 2.75) is 12.0 Å². The summed E-state index contributed by atoms with van der Waals surface area (Å²) in [6, 6.07) is 46.8. The summed E-state index contributed by atoms with van der Waals surface area (Å²) in [7, 11) is 0. The van der Waals surface area contributed by atoms with Crippen LogP contribution in [0.15, 0.2) is 176 Å². The molecule has 2 unspecified atom stereocenters. The highest BCUT2D eigenvalue weighted by molar-refractivity contribution is 6.22. The lowest BCUT2D eigenvalue weighted by Crippen LogP contribution is -2.30. The minimum Gasteiger partial charge on any atom is -0.318 e. The van der Waals surface area contributed by atoms with Crippen molar-refractivity contribution in [3.05, 3.63) is 193 Å². The first kappa shape index (κ1) is 28.2. The van der Waals surface area contributed by atoms with Crippen molar-refractivity contribution in [3.8, 4) is 33.4 Å². The van der Waals surface area contributed by atoms with Gasteiger partial charge in [-0.05, 0) is 63.2 Å². The molecule has 2 atom stereocenters. The maximum absolute atomic E-state index is 4.47. The molecule has 4 nitrogen and oxygen atoms in total. The molecule has 1 aliphatic heterocycles. The van der Waals surface area contributed by atoms with Gasteiger partial charge < -0.3 is 4.57 Å². The number of pyridine rings is 2. The molecule has 8 aromatic rings. The fourth-order valence-corrected chi connectivity index (χ4v) is 8.85. The number of aromatic nitrogens is 3. The molecule has 0 bridgehead atoms. The van der Waals surface area contributed by atoms with Crippen LogP contribution < -0.4 is 4.58 Å². The summed E-state index contributed by atoms with van der Waals surface area (Å²) in [4.78, 5) is 8.94. The van der Waals surface area contributed by atoms with E-state index in [-0.39, 0.29) is 12.0 Å². The summed E-state index contributed by atoms with van der Waals surface area (Å²) < 4.78 is 5.06. The molecule has 11 rings (SSSR count). The third-order valence-corrected chi connectivity index (χ3v) is 10.9. The molecule has 0 saturated carbocycles. The third-order valence-electron chi connectivity index (χ3n) is 10.9. The van der Waals surface area contributed by atoms with Crippen molar-refractivity contribution in [1.82, 2.24) is 19.1 Å². The summed E-state index contributed by atoms with van der Waals surface area (Å²) in [6.07, 6.45) is 16.5. The summed E-state index contributed by atoms with van der Waals surface area (Å²) >= 11 is 0. The average molecular weight is 652 g/mol. The highest BCUT2D eigenvalue weighted by Crippen LogP contribution is 2.54. The largest absolute Gasteiger partial charge is 0.318 e. The van der Waals surface area contributed by atoms with Gasteiger partial charge in [0.25, 0.3) is 0 Å². The Kier molecular flexibility index (Phi) is 6.05. The van der Waals surface area contributed by atoms with Crippen molar-refractivity contribution in [1.29, 1.82) is 0 Å². The van der Waals surface area contributed by atoms with E-state index in [9.17, 15) is 0 Å². The van der Waals surface area contributed by atoms with Gasteiger partial charge >= 0.3 is 0 Å². The van der Waals surface area contributed by atoms with Crippen LogP contribution in [-0.2, 0) is 0 Å². The molecule has 51 heavy (non-hydrogen) atoms. The second kappa shape index (κ2) is 10.9. The molecule has 0 saturated heterocycles. The first-order valence-corrected chi connectivity index (χ1v) is 17.5. The second-order valence-corrected chi connectivity index (χ2v) is 13.6. The van der Waals surface area contributed by atoms with Crippen molar-refractivity contribution < 1.29 is 0 Å². The van der Waals surface area contributed by atoms with Crippen molar-refractivity contribution in [2.24, 2.45) is 0 Å². The van der Waals surface area contributed by atoms with E-state index >= 15 is 0 Å². The number of allylic oxidation sites excluding steroid dienone is 4. The number of nitrogens with zero attached hydrogens (tertiary/aromatic N) is 4. The monoisotopic (exact) mass is 651 g/mol. The number of hydrogen-bond donors (Lipinski definition) is 0. The quantitative estimate of drug-likeness (QED) is 0.178. The van der Waals surface area contributed by atoms with Gasteiger partial charge in [-0.1, -0.05) is 103 Å². The van der Waals surface area contributed by atoms with Gasteiger partial charge in [0.1, 0.15) is 11.6 Å². The fraction of sp³-hybridized carbons (Fsp3) is 0.0426. The van der Waals surface area contributed by atoms with Crippen LogP contribution in [0.3, 0.4) is 0 Å². The highest BCUT2D eigenvalue weighted by Gasteiger charge is 2.40. The van der Waals surface area contributed by atoms with E-state index in [2.05, 4.69) is 159 Å². The van der Waals surface area contributed by atoms with Gasteiger partial charge in [-0.3, -0.25) is 9.97 Å². The van der Waals surface area contributed by atoms with Crippen molar-refractivity contribution >= 4 is 38.9 Å². The molecular formula is C47H31N4+. The Balaban J connectivity index is 1.21. The summed E-state index contributed by atoms with van der Waals surface area (Å²) in [6.45, 7) is 0. The summed E-state index contributed by atoms with van der Waals surface area (Å²) in [5, 5.41) is 2.62. The van der Waals surface area contributed by atoms with Crippen LogP contribution in [0.2, 0.25) is 0 Å². The standard InChI is InChI=1S/C47H31N4/c1-2-11-30(12-3-1)44-36-15-4-5-16-37(36)45-38(44)21-22-42-46(45)39-17-8-20-43-47(39)51(42)41-19-7-6-18-40(41)50(43)35-26-33(31-13-9-23-48-28-31)25-34(27-35)32-14-10-24-49-29-32/h1-29,41,44H/q+1. The van der Waals surface area contributed by atoms with E-state index in [0.717, 1.165) is 27.9 Å². The molecule has 4 heterocycles. The minimum absolute atomic E-state index is 0.0217. The van der Waals surface area contributed by atoms with Crippen LogP contribution in [0.25, 0.3) is 55.2 Å². The maximum Gasteiger partial charge on any atom is 0.235 e. The van der Waals surface area contributed by atoms with Crippen LogP contribution in [0.5, 0.6) is 0 Å². The number of hydrogen-bond acceptors (Lipinski definition) is 2. The number of benzene rings is 5. The Morgan fingerprint density at radius 2 is 1.37 bits per heavy atom. The van der Waals surface area contributed by atoms with E-state index in [1.54, 1.807) is 0 Å². The fourth-order valence-electron chi connectivity index (χ4n) is 8.85. The zero-order valence-electron chi connectivity index (χ0n) is 27.7. The SMILES string of the molecule is C1=CC2=[N+](c3cc(-c4cccnc4)cc(-c4cccnc4)c3)c3cccc4c5c6c(ccc5n(c34)C2C=C1)C(c1ccccc1)c1ccccc1-6.